The van der Waals surface area contributed by atoms with Gasteiger partial charge in [0, 0.05) is 44.3 Å². The van der Waals surface area contributed by atoms with Gasteiger partial charge in [-0.25, -0.2) is 9.97 Å². The monoisotopic (exact) mass is 355 g/mol. The summed E-state index contributed by atoms with van der Waals surface area (Å²) in [6.07, 6.45) is 4.28. The highest BCUT2D eigenvalue weighted by Gasteiger charge is 2.28. The van der Waals surface area contributed by atoms with Crippen molar-refractivity contribution in [2.75, 3.05) is 43.5 Å². The summed E-state index contributed by atoms with van der Waals surface area (Å²) in [4.78, 5) is 25.7. The summed E-state index contributed by atoms with van der Waals surface area (Å²) in [6, 6.07) is 9.07. The topological polar surface area (TPSA) is 70.6 Å². The Bertz CT molecular complexity index is 700. The fourth-order valence-corrected chi connectivity index (χ4v) is 3.20. The quantitative estimate of drug-likeness (QED) is 0.855. The molecule has 0 radical (unpaired) electrons. The Hall–Kier alpha value is -2.67. The van der Waals surface area contributed by atoms with Crippen molar-refractivity contribution in [3.05, 3.63) is 42.7 Å². The van der Waals surface area contributed by atoms with Gasteiger partial charge in [-0.15, -0.1) is 0 Å². The smallest absolute Gasteiger partial charge is 0.241 e. The average molecular weight is 355 g/mol. The van der Waals surface area contributed by atoms with Crippen LogP contribution in [0.2, 0.25) is 0 Å². The predicted molar refractivity (Wildman–Crippen MR) is 102 cm³/mol. The van der Waals surface area contributed by atoms with Crippen LogP contribution in [0.25, 0.3) is 0 Å². The molecule has 0 bridgehead atoms. The van der Waals surface area contributed by atoms with E-state index in [2.05, 4.69) is 25.1 Å². The zero-order chi connectivity index (χ0) is 18.4. The van der Waals surface area contributed by atoms with Crippen LogP contribution >= 0.6 is 0 Å². The van der Waals surface area contributed by atoms with Crippen LogP contribution < -0.4 is 15.0 Å². The van der Waals surface area contributed by atoms with E-state index in [-0.39, 0.29) is 11.9 Å². The maximum Gasteiger partial charge on any atom is 0.241 e. The first-order valence-corrected chi connectivity index (χ1v) is 8.92. The highest BCUT2D eigenvalue weighted by atomic mass is 16.5. The Morgan fingerprint density at radius 1 is 1.15 bits per heavy atom. The van der Waals surface area contributed by atoms with Gasteiger partial charge in [0.2, 0.25) is 11.9 Å². The number of hydrogen-bond acceptors (Lipinski definition) is 6. The van der Waals surface area contributed by atoms with E-state index in [0.717, 1.165) is 50.0 Å². The molecule has 1 amide bonds. The molecule has 3 rings (SSSR count). The van der Waals surface area contributed by atoms with Crippen LogP contribution in [0.4, 0.5) is 11.6 Å². The number of nitrogens with one attached hydrogen (secondary N) is 1. The Labute approximate surface area is 154 Å². The number of carbonyl (C=O) groups excluding carboxylic acids is 1. The molecule has 7 heteroatoms. The van der Waals surface area contributed by atoms with Crippen LogP contribution in [0.5, 0.6) is 5.75 Å². The van der Waals surface area contributed by atoms with E-state index < -0.39 is 0 Å². The molecule has 1 aromatic heterocycles. The van der Waals surface area contributed by atoms with Crippen LogP contribution in [-0.4, -0.2) is 60.1 Å². The Morgan fingerprint density at radius 2 is 1.81 bits per heavy atom. The third kappa shape index (κ3) is 4.29. The van der Waals surface area contributed by atoms with E-state index in [1.54, 1.807) is 19.5 Å². The molecular formula is C19H25N5O2. The molecule has 0 spiro atoms. The number of carbonyl (C=O) groups is 1. The fraction of sp³-hybridized carbons (Fsp3) is 0.421. The lowest BCUT2D eigenvalue weighted by molar-refractivity contribution is -0.121. The fourth-order valence-electron chi connectivity index (χ4n) is 3.20. The number of anilines is 2. The van der Waals surface area contributed by atoms with Gasteiger partial charge in [-0.1, -0.05) is 6.92 Å². The van der Waals surface area contributed by atoms with E-state index in [0.29, 0.717) is 0 Å². The summed E-state index contributed by atoms with van der Waals surface area (Å²) in [5, 5.41) is 3.01. The van der Waals surface area contributed by atoms with Crippen LogP contribution in [0.1, 0.15) is 13.3 Å². The number of rotatable bonds is 6. The molecule has 1 aliphatic heterocycles. The first kappa shape index (κ1) is 18.1. The van der Waals surface area contributed by atoms with Gasteiger partial charge in [0.15, 0.2) is 0 Å². The van der Waals surface area contributed by atoms with Crippen LogP contribution in [-0.2, 0) is 4.79 Å². The Kier molecular flexibility index (Phi) is 6.01. The van der Waals surface area contributed by atoms with Crippen LogP contribution in [0.3, 0.4) is 0 Å². The zero-order valence-corrected chi connectivity index (χ0v) is 15.3. The molecule has 1 N–H and O–H groups in total. The molecule has 1 aliphatic rings. The molecule has 1 fully saturated rings. The summed E-state index contributed by atoms with van der Waals surface area (Å²) >= 11 is 0. The average Bonchev–Trinajstić information content (AvgIpc) is 2.70. The molecule has 7 nitrogen and oxygen atoms in total. The van der Waals surface area contributed by atoms with Gasteiger partial charge in [-0.2, -0.15) is 0 Å². The third-order valence-corrected chi connectivity index (χ3v) is 4.64. The van der Waals surface area contributed by atoms with Crippen molar-refractivity contribution in [1.29, 1.82) is 0 Å². The first-order valence-electron chi connectivity index (χ1n) is 8.92. The van der Waals surface area contributed by atoms with Crippen molar-refractivity contribution >= 4 is 17.5 Å². The van der Waals surface area contributed by atoms with E-state index in [9.17, 15) is 4.79 Å². The third-order valence-electron chi connectivity index (χ3n) is 4.64. The van der Waals surface area contributed by atoms with Gasteiger partial charge in [-0.05, 0) is 36.8 Å². The predicted octanol–water partition coefficient (Wildman–Crippen LogP) is 2.02. The second-order valence-corrected chi connectivity index (χ2v) is 6.21. The number of nitrogens with zero attached hydrogens (tertiary/aromatic N) is 4. The second-order valence-electron chi connectivity index (χ2n) is 6.21. The van der Waals surface area contributed by atoms with Gasteiger partial charge in [0.1, 0.15) is 5.75 Å². The van der Waals surface area contributed by atoms with Crippen molar-refractivity contribution in [3.63, 3.8) is 0 Å². The highest BCUT2D eigenvalue weighted by molar-refractivity contribution is 5.94. The largest absolute Gasteiger partial charge is 0.497 e. The minimum atomic E-state index is -0.143. The lowest BCUT2D eigenvalue weighted by Gasteiger charge is -2.38. The van der Waals surface area contributed by atoms with Gasteiger partial charge in [0.05, 0.1) is 13.2 Å². The van der Waals surface area contributed by atoms with Gasteiger partial charge in [0.25, 0.3) is 0 Å². The number of aromatic nitrogens is 2. The Balaban J connectivity index is 1.57. The summed E-state index contributed by atoms with van der Waals surface area (Å²) in [7, 11) is 1.63. The summed E-state index contributed by atoms with van der Waals surface area (Å²) in [5.41, 5.74) is 0.783. The molecule has 0 aliphatic carbocycles. The molecule has 2 aromatic rings. The first-order chi connectivity index (χ1) is 12.7. The highest BCUT2D eigenvalue weighted by Crippen LogP contribution is 2.18. The van der Waals surface area contributed by atoms with Crippen molar-refractivity contribution in [3.8, 4) is 5.75 Å². The molecule has 2 heterocycles. The van der Waals surface area contributed by atoms with E-state index in [1.165, 1.54) is 0 Å². The number of methoxy groups -OCH3 is 1. The number of piperazine rings is 1. The molecule has 1 atom stereocenters. The Morgan fingerprint density at radius 3 is 2.38 bits per heavy atom. The lowest BCUT2D eigenvalue weighted by atomic mass is 10.1. The van der Waals surface area contributed by atoms with Gasteiger partial charge in [-0.3, -0.25) is 9.69 Å². The molecule has 0 saturated carbocycles. The van der Waals surface area contributed by atoms with E-state index in [1.807, 2.05) is 37.3 Å². The molecular weight excluding hydrogens is 330 g/mol. The maximum atomic E-state index is 12.7. The van der Waals surface area contributed by atoms with Gasteiger partial charge < -0.3 is 15.0 Å². The van der Waals surface area contributed by atoms with E-state index >= 15 is 0 Å². The number of amides is 1. The number of benzene rings is 1. The second kappa shape index (κ2) is 8.62. The minimum Gasteiger partial charge on any atom is -0.497 e. The number of ether oxygens (including phenoxy) is 1. The van der Waals surface area contributed by atoms with Crippen molar-refractivity contribution in [2.24, 2.45) is 0 Å². The van der Waals surface area contributed by atoms with Gasteiger partial charge >= 0.3 is 0 Å². The minimum absolute atomic E-state index is 0.0297. The van der Waals surface area contributed by atoms with Crippen LogP contribution in [0, 0.1) is 0 Å². The lowest BCUT2D eigenvalue weighted by Crippen LogP contribution is -2.54. The molecule has 26 heavy (non-hydrogen) atoms. The van der Waals surface area contributed by atoms with Crippen molar-refractivity contribution in [2.45, 2.75) is 19.4 Å². The molecule has 138 valence electrons. The summed E-state index contributed by atoms with van der Waals surface area (Å²) in [5.74, 6) is 1.55. The zero-order valence-electron chi connectivity index (χ0n) is 15.3. The molecule has 0 unspecified atom stereocenters. The van der Waals surface area contributed by atoms with Crippen LogP contribution in [0.15, 0.2) is 42.7 Å². The van der Waals surface area contributed by atoms with Crippen molar-refractivity contribution < 1.29 is 9.53 Å². The normalized spacial score (nSPS) is 16.2. The van der Waals surface area contributed by atoms with Crippen molar-refractivity contribution in [1.82, 2.24) is 14.9 Å². The summed E-state index contributed by atoms with van der Waals surface area (Å²) in [6.45, 7) is 5.30. The standard InChI is InChI=1S/C19H25N5O2/c1-3-17(18(25)22-15-5-7-16(26-2)8-6-15)23-11-13-24(14-12-23)19-20-9-4-10-21-19/h4-10,17H,3,11-14H2,1-2H3,(H,22,25)/t17-/m0/s1. The SMILES string of the molecule is CC[C@@H](C(=O)Nc1ccc(OC)cc1)N1CCN(c2ncccn2)CC1. The molecule has 1 saturated heterocycles. The maximum absolute atomic E-state index is 12.7. The number of hydrogen-bond donors (Lipinski definition) is 1. The summed E-state index contributed by atoms with van der Waals surface area (Å²) < 4.78 is 5.15. The molecule has 1 aromatic carbocycles. The van der Waals surface area contributed by atoms with E-state index in [4.69, 9.17) is 4.74 Å².